The SMILES string of the molecule is COc1ccc(-c2cc([N+](=O)[O-])ccc2O[C@@H](C)C(=O)NC(N)=O)cc1. The molecule has 0 spiro atoms. The van der Waals surface area contributed by atoms with Gasteiger partial charge in [0.15, 0.2) is 6.10 Å². The van der Waals surface area contributed by atoms with E-state index in [9.17, 15) is 19.7 Å². The van der Waals surface area contributed by atoms with Crippen LogP contribution in [0.4, 0.5) is 10.5 Å². The maximum Gasteiger partial charge on any atom is 0.318 e. The molecule has 26 heavy (non-hydrogen) atoms. The number of carbonyl (C=O) groups excluding carboxylic acids is 2. The van der Waals surface area contributed by atoms with Gasteiger partial charge in [0, 0.05) is 17.7 Å². The lowest BCUT2D eigenvalue weighted by atomic mass is 10.0. The zero-order chi connectivity index (χ0) is 19.3. The number of nitrogens with two attached hydrogens (primary N) is 1. The number of amides is 3. The molecule has 0 unspecified atom stereocenters. The molecular weight excluding hydrogens is 342 g/mol. The Bertz CT molecular complexity index is 835. The van der Waals surface area contributed by atoms with Crippen LogP contribution >= 0.6 is 0 Å². The van der Waals surface area contributed by atoms with Crippen LogP contribution < -0.4 is 20.5 Å². The number of non-ortho nitro benzene ring substituents is 1. The summed E-state index contributed by atoms with van der Waals surface area (Å²) in [5.41, 5.74) is 5.83. The molecule has 9 nitrogen and oxygen atoms in total. The molecule has 1 atom stereocenters. The smallest absolute Gasteiger partial charge is 0.318 e. The molecule has 3 amide bonds. The Balaban J connectivity index is 2.39. The first kappa shape index (κ1) is 18.7. The predicted molar refractivity (Wildman–Crippen MR) is 92.9 cm³/mol. The van der Waals surface area contributed by atoms with Crippen LogP contribution in [0.15, 0.2) is 42.5 Å². The molecule has 0 aliphatic rings. The molecule has 0 saturated heterocycles. The Kier molecular flexibility index (Phi) is 5.74. The fourth-order valence-corrected chi connectivity index (χ4v) is 2.20. The Morgan fingerprint density at radius 2 is 1.85 bits per heavy atom. The highest BCUT2D eigenvalue weighted by atomic mass is 16.6. The average molecular weight is 359 g/mol. The maximum atomic E-state index is 11.8. The summed E-state index contributed by atoms with van der Waals surface area (Å²) in [5, 5.41) is 13.0. The van der Waals surface area contributed by atoms with Gasteiger partial charge in [-0.25, -0.2) is 4.79 Å². The van der Waals surface area contributed by atoms with E-state index in [2.05, 4.69) is 0 Å². The van der Waals surface area contributed by atoms with Crippen molar-refractivity contribution in [1.29, 1.82) is 0 Å². The van der Waals surface area contributed by atoms with Crippen LogP contribution in [0.25, 0.3) is 11.1 Å². The zero-order valence-corrected chi connectivity index (χ0v) is 14.1. The minimum atomic E-state index is -1.04. The van der Waals surface area contributed by atoms with Gasteiger partial charge in [-0.2, -0.15) is 0 Å². The van der Waals surface area contributed by atoms with Crippen molar-refractivity contribution in [2.45, 2.75) is 13.0 Å². The fraction of sp³-hybridized carbons (Fsp3) is 0.176. The normalized spacial score (nSPS) is 11.3. The number of nitro benzene ring substituents is 1. The number of rotatable bonds is 6. The van der Waals surface area contributed by atoms with Crippen LogP contribution in [-0.4, -0.2) is 30.1 Å². The molecule has 0 bridgehead atoms. The summed E-state index contributed by atoms with van der Waals surface area (Å²) in [4.78, 5) is 33.1. The van der Waals surface area contributed by atoms with Gasteiger partial charge in [0.1, 0.15) is 11.5 Å². The van der Waals surface area contributed by atoms with E-state index in [-0.39, 0.29) is 11.4 Å². The number of imide groups is 1. The summed E-state index contributed by atoms with van der Waals surface area (Å²) < 4.78 is 10.7. The number of benzene rings is 2. The summed E-state index contributed by atoms with van der Waals surface area (Å²) in [6.45, 7) is 1.43. The molecule has 3 N–H and O–H groups in total. The topological polar surface area (TPSA) is 134 Å². The van der Waals surface area contributed by atoms with E-state index in [0.717, 1.165) is 0 Å². The van der Waals surface area contributed by atoms with Crippen LogP contribution in [-0.2, 0) is 4.79 Å². The molecular formula is C17H17N3O6. The molecule has 0 fully saturated rings. The van der Waals surface area contributed by atoms with Crippen LogP contribution in [0.2, 0.25) is 0 Å². The second-order valence-electron chi connectivity index (χ2n) is 5.28. The molecule has 2 rings (SSSR count). The number of urea groups is 1. The lowest BCUT2D eigenvalue weighted by molar-refractivity contribution is -0.384. The molecule has 0 aliphatic carbocycles. The van der Waals surface area contributed by atoms with Crippen LogP contribution in [0.3, 0.4) is 0 Å². The molecule has 0 aliphatic heterocycles. The van der Waals surface area contributed by atoms with Crippen molar-refractivity contribution in [3.63, 3.8) is 0 Å². The molecule has 0 saturated carbocycles. The predicted octanol–water partition coefficient (Wildman–Crippen LogP) is 2.23. The molecule has 2 aromatic carbocycles. The van der Waals surface area contributed by atoms with E-state index in [4.69, 9.17) is 15.2 Å². The van der Waals surface area contributed by atoms with E-state index in [1.165, 1.54) is 32.2 Å². The number of methoxy groups -OCH3 is 1. The minimum Gasteiger partial charge on any atom is -0.497 e. The largest absolute Gasteiger partial charge is 0.497 e. The van der Waals surface area contributed by atoms with E-state index in [1.54, 1.807) is 24.3 Å². The van der Waals surface area contributed by atoms with Crippen molar-refractivity contribution in [1.82, 2.24) is 5.32 Å². The van der Waals surface area contributed by atoms with Gasteiger partial charge in [-0.05, 0) is 30.7 Å². The van der Waals surface area contributed by atoms with Gasteiger partial charge in [-0.1, -0.05) is 12.1 Å². The lowest BCUT2D eigenvalue weighted by Crippen LogP contribution is -2.42. The minimum absolute atomic E-state index is 0.127. The van der Waals surface area contributed by atoms with Gasteiger partial charge in [-0.3, -0.25) is 20.2 Å². The highest BCUT2D eigenvalue weighted by molar-refractivity contribution is 5.95. The average Bonchev–Trinajstić information content (AvgIpc) is 2.61. The Hall–Kier alpha value is -3.62. The zero-order valence-electron chi connectivity index (χ0n) is 14.1. The number of nitro groups is 1. The Morgan fingerprint density at radius 1 is 1.19 bits per heavy atom. The van der Waals surface area contributed by atoms with Crippen LogP contribution in [0.1, 0.15) is 6.92 Å². The Labute approximate surface area is 148 Å². The maximum absolute atomic E-state index is 11.8. The van der Waals surface area contributed by atoms with Crippen molar-refractivity contribution in [2.24, 2.45) is 5.73 Å². The third-order valence-corrected chi connectivity index (χ3v) is 3.49. The first-order valence-electron chi connectivity index (χ1n) is 7.51. The quantitative estimate of drug-likeness (QED) is 0.600. The van der Waals surface area contributed by atoms with Crippen molar-refractivity contribution in [3.05, 3.63) is 52.6 Å². The number of primary amides is 1. The number of nitrogens with zero attached hydrogens (tertiary/aromatic N) is 1. The van der Waals surface area contributed by atoms with Crippen molar-refractivity contribution >= 4 is 17.6 Å². The highest BCUT2D eigenvalue weighted by Gasteiger charge is 2.20. The summed E-state index contributed by atoms with van der Waals surface area (Å²) >= 11 is 0. The van der Waals surface area contributed by atoms with Gasteiger partial charge in [0.25, 0.3) is 11.6 Å². The highest BCUT2D eigenvalue weighted by Crippen LogP contribution is 2.34. The standard InChI is InChI=1S/C17H17N3O6/c1-10(16(21)19-17(18)22)26-15-8-5-12(20(23)24)9-14(15)11-3-6-13(25-2)7-4-11/h3-10H,1-2H3,(H3,18,19,21,22)/t10-/m0/s1. The van der Waals surface area contributed by atoms with E-state index >= 15 is 0 Å². The monoisotopic (exact) mass is 359 g/mol. The van der Waals surface area contributed by atoms with Crippen molar-refractivity contribution in [2.75, 3.05) is 7.11 Å². The molecule has 0 heterocycles. The van der Waals surface area contributed by atoms with Gasteiger partial charge >= 0.3 is 6.03 Å². The first-order valence-corrected chi connectivity index (χ1v) is 7.51. The molecule has 0 aromatic heterocycles. The summed E-state index contributed by atoms with van der Waals surface area (Å²) in [5.74, 6) is 0.139. The van der Waals surface area contributed by atoms with E-state index in [0.29, 0.717) is 16.9 Å². The number of nitrogens with one attached hydrogen (secondary N) is 1. The second kappa shape index (κ2) is 7.97. The fourth-order valence-electron chi connectivity index (χ4n) is 2.20. The third-order valence-electron chi connectivity index (χ3n) is 3.49. The molecule has 2 aromatic rings. The first-order chi connectivity index (χ1) is 12.3. The summed E-state index contributed by atoms with van der Waals surface area (Å²) in [6.07, 6.45) is -1.04. The number of hydrogen-bond donors (Lipinski definition) is 2. The van der Waals surface area contributed by atoms with Gasteiger partial charge in [-0.15, -0.1) is 0 Å². The molecule has 9 heteroatoms. The molecule has 136 valence electrons. The van der Waals surface area contributed by atoms with E-state index in [1.807, 2.05) is 5.32 Å². The number of carbonyl (C=O) groups is 2. The van der Waals surface area contributed by atoms with Crippen LogP contribution in [0, 0.1) is 10.1 Å². The van der Waals surface area contributed by atoms with Gasteiger partial charge in [0.2, 0.25) is 0 Å². The van der Waals surface area contributed by atoms with Gasteiger partial charge in [0.05, 0.1) is 12.0 Å². The number of ether oxygens (including phenoxy) is 2. The third kappa shape index (κ3) is 4.47. The molecule has 0 radical (unpaired) electrons. The second-order valence-corrected chi connectivity index (χ2v) is 5.28. The van der Waals surface area contributed by atoms with Crippen LogP contribution in [0.5, 0.6) is 11.5 Å². The van der Waals surface area contributed by atoms with Crippen molar-refractivity contribution < 1.29 is 24.0 Å². The lowest BCUT2D eigenvalue weighted by Gasteiger charge is -2.16. The Morgan fingerprint density at radius 3 is 2.38 bits per heavy atom. The number of hydrogen-bond acceptors (Lipinski definition) is 6. The van der Waals surface area contributed by atoms with Gasteiger partial charge < -0.3 is 15.2 Å². The summed E-state index contributed by atoms with van der Waals surface area (Å²) in [7, 11) is 1.52. The van der Waals surface area contributed by atoms with Crippen molar-refractivity contribution in [3.8, 4) is 22.6 Å². The van der Waals surface area contributed by atoms with E-state index < -0.39 is 23.0 Å². The summed E-state index contributed by atoms with van der Waals surface area (Å²) in [6, 6.07) is 9.81.